The number of hydrogen-bond acceptors (Lipinski definition) is 5. The molecule has 7 heteroatoms. The zero-order chi connectivity index (χ0) is 19.7. The van der Waals surface area contributed by atoms with Gasteiger partial charge in [0.25, 0.3) is 5.91 Å². The van der Waals surface area contributed by atoms with E-state index >= 15 is 0 Å². The monoisotopic (exact) mass is 382 g/mol. The Morgan fingerprint density at radius 3 is 2.57 bits per heavy atom. The summed E-state index contributed by atoms with van der Waals surface area (Å²) in [6, 6.07) is 9.04. The molecule has 7 nitrogen and oxygen atoms in total. The van der Waals surface area contributed by atoms with E-state index in [1.165, 1.54) is 0 Å². The maximum atomic E-state index is 12.8. The Morgan fingerprint density at radius 1 is 1.11 bits per heavy atom. The molecular weight excluding hydrogens is 356 g/mol. The van der Waals surface area contributed by atoms with Gasteiger partial charge in [0.05, 0.1) is 12.1 Å². The minimum Gasteiger partial charge on any atom is -0.391 e. The zero-order valence-corrected chi connectivity index (χ0v) is 16.0. The Morgan fingerprint density at radius 2 is 1.82 bits per heavy atom. The average Bonchev–Trinajstić information content (AvgIpc) is 3.08. The van der Waals surface area contributed by atoms with E-state index in [4.69, 9.17) is 0 Å². The first kappa shape index (κ1) is 18.8. The SMILES string of the molecule is CN1CCN(C(=O)[C@H]2C[C@H](NC(=O)c3cc4ccccc4cn3)[C@@H](O)C2)CC1. The summed E-state index contributed by atoms with van der Waals surface area (Å²) in [7, 11) is 2.05. The molecule has 1 aromatic carbocycles. The van der Waals surface area contributed by atoms with Crippen LogP contribution in [0.25, 0.3) is 10.8 Å². The zero-order valence-electron chi connectivity index (χ0n) is 16.0. The summed E-state index contributed by atoms with van der Waals surface area (Å²) >= 11 is 0. The topological polar surface area (TPSA) is 85.8 Å². The van der Waals surface area contributed by atoms with Crippen molar-refractivity contribution in [3.05, 3.63) is 42.2 Å². The Kier molecular flexibility index (Phi) is 5.28. The number of nitrogens with zero attached hydrogens (tertiary/aromatic N) is 3. The van der Waals surface area contributed by atoms with Crippen molar-refractivity contribution >= 4 is 22.6 Å². The third-order valence-electron chi connectivity index (χ3n) is 5.87. The molecule has 0 spiro atoms. The fourth-order valence-electron chi connectivity index (χ4n) is 4.11. The number of benzene rings is 1. The van der Waals surface area contributed by atoms with Crippen molar-refractivity contribution in [3.8, 4) is 0 Å². The van der Waals surface area contributed by atoms with Crippen LogP contribution in [0.4, 0.5) is 0 Å². The summed E-state index contributed by atoms with van der Waals surface area (Å²) in [4.78, 5) is 33.7. The highest BCUT2D eigenvalue weighted by molar-refractivity contribution is 5.96. The maximum Gasteiger partial charge on any atom is 0.270 e. The summed E-state index contributed by atoms with van der Waals surface area (Å²) in [6.07, 6.45) is 1.81. The van der Waals surface area contributed by atoms with Crippen LogP contribution in [0, 0.1) is 5.92 Å². The summed E-state index contributed by atoms with van der Waals surface area (Å²) in [5, 5.41) is 15.2. The van der Waals surface area contributed by atoms with Gasteiger partial charge in [0.2, 0.25) is 5.91 Å². The van der Waals surface area contributed by atoms with Crippen LogP contribution >= 0.6 is 0 Å². The Labute approximate surface area is 164 Å². The van der Waals surface area contributed by atoms with Crippen molar-refractivity contribution in [1.82, 2.24) is 20.1 Å². The van der Waals surface area contributed by atoms with Gasteiger partial charge in [0.15, 0.2) is 0 Å². The number of aromatic nitrogens is 1. The molecule has 2 heterocycles. The van der Waals surface area contributed by atoms with Gasteiger partial charge in [-0.15, -0.1) is 0 Å². The van der Waals surface area contributed by atoms with Crippen LogP contribution in [-0.4, -0.2) is 77.1 Å². The molecule has 148 valence electrons. The van der Waals surface area contributed by atoms with Crippen LogP contribution in [0.15, 0.2) is 36.5 Å². The minimum atomic E-state index is -0.717. The predicted molar refractivity (Wildman–Crippen MR) is 106 cm³/mol. The Bertz CT molecular complexity index is 879. The standard InChI is InChI=1S/C21H26N4O3/c1-24-6-8-25(9-7-24)21(28)16-11-17(19(26)12-16)23-20(27)18-10-14-4-2-3-5-15(14)13-22-18/h2-5,10,13,16-17,19,26H,6-9,11-12H2,1H3,(H,23,27)/t16-,17-,19-/m0/s1. The molecule has 1 aromatic heterocycles. The summed E-state index contributed by atoms with van der Waals surface area (Å²) in [5.74, 6) is -0.469. The number of fused-ring (bicyclic) bond motifs is 1. The molecule has 1 saturated carbocycles. The average molecular weight is 382 g/mol. The lowest BCUT2D eigenvalue weighted by molar-refractivity contribution is -0.137. The first-order valence-electron chi connectivity index (χ1n) is 9.82. The first-order chi connectivity index (χ1) is 13.5. The number of rotatable bonds is 3. The van der Waals surface area contributed by atoms with E-state index in [0.717, 1.165) is 37.0 Å². The Hall–Kier alpha value is -2.51. The third-order valence-corrected chi connectivity index (χ3v) is 5.87. The maximum absolute atomic E-state index is 12.8. The van der Waals surface area contributed by atoms with Crippen molar-refractivity contribution in [3.63, 3.8) is 0 Å². The fourth-order valence-corrected chi connectivity index (χ4v) is 4.11. The van der Waals surface area contributed by atoms with Gasteiger partial charge in [-0.2, -0.15) is 0 Å². The molecule has 1 aliphatic heterocycles. The number of carbonyl (C=O) groups excluding carboxylic acids is 2. The number of aliphatic hydroxyl groups is 1. The molecule has 2 aromatic rings. The van der Waals surface area contributed by atoms with E-state index in [2.05, 4.69) is 15.2 Å². The lowest BCUT2D eigenvalue weighted by Gasteiger charge is -2.34. The predicted octanol–water partition coefficient (Wildman–Crippen LogP) is 0.878. The number of amides is 2. The van der Waals surface area contributed by atoms with Crippen molar-refractivity contribution in [2.24, 2.45) is 5.92 Å². The van der Waals surface area contributed by atoms with Gasteiger partial charge < -0.3 is 20.2 Å². The van der Waals surface area contributed by atoms with E-state index in [1.807, 2.05) is 36.2 Å². The lowest BCUT2D eigenvalue weighted by Crippen LogP contribution is -2.49. The normalized spacial score (nSPS) is 25.8. The molecule has 28 heavy (non-hydrogen) atoms. The largest absolute Gasteiger partial charge is 0.391 e. The summed E-state index contributed by atoms with van der Waals surface area (Å²) in [6.45, 7) is 3.18. The van der Waals surface area contributed by atoms with E-state index < -0.39 is 12.1 Å². The molecule has 2 amide bonds. The number of pyridine rings is 1. The van der Waals surface area contributed by atoms with Gasteiger partial charge in [-0.3, -0.25) is 14.6 Å². The molecular formula is C21H26N4O3. The molecule has 4 rings (SSSR count). The number of nitrogens with one attached hydrogen (secondary N) is 1. The van der Waals surface area contributed by atoms with Crippen LogP contribution in [-0.2, 0) is 4.79 Å². The quantitative estimate of drug-likeness (QED) is 0.823. The van der Waals surface area contributed by atoms with Gasteiger partial charge in [-0.05, 0) is 31.3 Å². The summed E-state index contributed by atoms with van der Waals surface area (Å²) < 4.78 is 0. The molecule has 2 fully saturated rings. The molecule has 3 atom stereocenters. The molecule has 0 bridgehead atoms. The molecule has 2 aliphatic rings. The second kappa shape index (κ2) is 7.85. The summed E-state index contributed by atoms with van der Waals surface area (Å²) in [5.41, 5.74) is 0.319. The number of hydrogen-bond donors (Lipinski definition) is 2. The van der Waals surface area contributed by atoms with E-state index in [0.29, 0.717) is 18.5 Å². The van der Waals surface area contributed by atoms with Crippen molar-refractivity contribution in [2.45, 2.75) is 25.0 Å². The highest BCUT2D eigenvalue weighted by Crippen LogP contribution is 2.28. The van der Waals surface area contributed by atoms with Gasteiger partial charge in [-0.25, -0.2) is 0 Å². The lowest BCUT2D eigenvalue weighted by atomic mass is 10.1. The fraction of sp³-hybridized carbons (Fsp3) is 0.476. The third kappa shape index (κ3) is 3.86. The van der Waals surface area contributed by atoms with E-state index in [1.54, 1.807) is 12.3 Å². The minimum absolute atomic E-state index is 0.0905. The number of likely N-dealkylation sites (N-methyl/N-ethyl adjacent to an activating group) is 1. The number of aliphatic hydroxyl groups excluding tert-OH is 1. The van der Waals surface area contributed by atoms with Gasteiger partial charge in [0.1, 0.15) is 5.69 Å². The number of piperazine rings is 1. The number of carbonyl (C=O) groups is 2. The van der Waals surface area contributed by atoms with Crippen molar-refractivity contribution in [1.29, 1.82) is 0 Å². The first-order valence-corrected chi connectivity index (χ1v) is 9.82. The van der Waals surface area contributed by atoms with Crippen molar-refractivity contribution in [2.75, 3.05) is 33.2 Å². The molecule has 0 radical (unpaired) electrons. The van der Waals surface area contributed by atoms with E-state index in [-0.39, 0.29) is 17.7 Å². The molecule has 1 aliphatic carbocycles. The van der Waals surface area contributed by atoms with Crippen LogP contribution in [0.1, 0.15) is 23.3 Å². The van der Waals surface area contributed by atoms with Gasteiger partial charge >= 0.3 is 0 Å². The second-order valence-electron chi connectivity index (χ2n) is 7.86. The molecule has 2 N–H and O–H groups in total. The highest BCUT2D eigenvalue weighted by atomic mass is 16.3. The van der Waals surface area contributed by atoms with Crippen LogP contribution in [0.2, 0.25) is 0 Å². The van der Waals surface area contributed by atoms with Crippen LogP contribution in [0.5, 0.6) is 0 Å². The van der Waals surface area contributed by atoms with Gasteiger partial charge in [0, 0.05) is 43.7 Å². The van der Waals surface area contributed by atoms with Crippen molar-refractivity contribution < 1.29 is 14.7 Å². The molecule has 0 unspecified atom stereocenters. The van der Waals surface area contributed by atoms with Crippen LogP contribution < -0.4 is 5.32 Å². The smallest absolute Gasteiger partial charge is 0.270 e. The second-order valence-corrected chi connectivity index (χ2v) is 7.86. The Balaban J connectivity index is 1.39. The van der Waals surface area contributed by atoms with Gasteiger partial charge in [-0.1, -0.05) is 24.3 Å². The van der Waals surface area contributed by atoms with Crippen LogP contribution in [0.3, 0.4) is 0 Å². The molecule has 1 saturated heterocycles. The van der Waals surface area contributed by atoms with E-state index in [9.17, 15) is 14.7 Å². The highest BCUT2D eigenvalue weighted by Gasteiger charge is 2.39.